The molecule has 0 aromatic heterocycles. The first-order valence-electron chi connectivity index (χ1n) is 11.1. The van der Waals surface area contributed by atoms with Gasteiger partial charge in [-0.1, -0.05) is 73.5 Å². The number of urea groups is 1. The number of morpholine rings is 1. The molecular weight excluding hydrogens is 450 g/mol. The van der Waals surface area contributed by atoms with E-state index in [4.69, 9.17) is 9.47 Å². The average molecular weight is 478 g/mol. The molecule has 0 aliphatic carbocycles. The molecule has 1 heterocycles. The van der Waals surface area contributed by atoms with Crippen LogP contribution in [0.1, 0.15) is 5.56 Å². The lowest BCUT2D eigenvalue weighted by Crippen LogP contribution is -2.46. The molecule has 7 nitrogen and oxygen atoms in total. The van der Waals surface area contributed by atoms with Crippen molar-refractivity contribution in [2.45, 2.75) is 6.61 Å². The minimum atomic E-state index is -0.616. The minimum absolute atomic E-state index is 0.142. The number of carbonyl (C=O) groups excluding carboxylic acids is 2. The van der Waals surface area contributed by atoms with E-state index in [-0.39, 0.29) is 12.5 Å². The number of nitrogens with zero attached hydrogens (tertiary/aromatic N) is 2. The zero-order chi connectivity index (χ0) is 23.8. The summed E-state index contributed by atoms with van der Waals surface area (Å²) >= 11 is 4.27. The molecule has 1 aliphatic heterocycles. The van der Waals surface area contributed by atoms with Crippen LogP contribution in [-0.4, -0.2) is 49.7 Å². The van der Waals surface area contributed by atoms with Crippen molar-refractivity contribution >= 4 is 30.4 Å². The highest BCUT2D eigenvalue weighted by Gasteiger charge is 2.19. The molecular formula is C26H27N3O4S. The van der Waals surface area contributed by atoms with Gasteiger partial charge in [-0.25, -0.2) is 9.10 Å². The first-order chi connectivity index (χ1) is 16.6. The summed E-state index contributed by atoms with van der Waals surface area (Å²) in [4.78, 5) is 26.6. The Morgan fingerprint density at radius 1 is 0.941 bits per heavy atom. The van der Waals surface area contributed by atoms with E-state index >= 15 is 0 Å². The highest BCUT2D eigenvalue weighted by Crippen LogP contribution is 2.24. The predicted molar refractivity (Wildman–Crippen MR) is 135 cm³/mol. The molecule has 8 heteroatoms. The van der Waals surface area contributed by atoms with E-state index in [0.29, 0.717) is 44.3 Å². The van der Waals surface area contributed by atoms with Crippen molar-refractivity contribution in [3.8, 4) is 16.9 Å². The van der Waals surface area contributed by atoms with E-state index in [1.54, 1.807) is 18.2 Å². The van der Waals surface area contributed by atoms with Crippen LogP contribution in [0.3, 0.4) is 0 Å². The van der Waals surface area contributed by atoms with E-state index in [2.05, 4.69) is 42.4 Å². The number of nitrogens with one attached hydrogen (secondary N) is 1. The lowest BCUT2D eigenvalue weighted by atomic mass is 10.0. The number of hydrogen-bond donors (Lipinski definition) is 2. The van der Waals surface area contributed by atoms with Gasteiger partial charge in [0, 0.05) is 19.2 Å². The Balaban J connectivity index is 1.30. The number of ether oxygens (including phenoxy) is 2. The van der Waals surface area contributed by atoms with Crippen LogP contribution in [-0.2, 0) is 16.1 Å². The Morgan fingerprint density at radius 3 is 2.38 bits per heavy atom. The van der Waals surface area contributed by atoms with Crippen LogP contribution in [0.5, 0.6) is 5.75 Å². The largest absolute Gasteiger partial charge is 0.489 e. The number of anilines is 1. The SMILES string of the molecule is O=C(CN1CCOCC1)NC(=O)N(S)c1cccc(OCc2ccc(-c3ccccc3)cc2)c1. The normalized spacial score (nSPS) is 13.8. The van der Waals surface area contributed by atoms with Gasteiger partial charge >= 0.3 is 6.03 Å². The fourth-order valence-corrected chi connectivity index (χ4v) is 3.76. The van der Waals surface area contributed by atoms with Crippen LogP contribution in [0.4, 0.5) is 10.5 Å². The smallest absolute Gasteiger partial charge is 0.338 e. The minimum Gasteiger partial charge on any atom is -0.489 e. The molecule has 4 rings (SSSR count). The molecule has 1 fully saturated rings. The molecule has 0 saturated carbocycles. The summed E-state index contributed by atoms with van der Waals surface area (Å²) in [6.45, 7) is 3.03. The summed E-state index contributed by atoms with van der Waals surface area (Å²) in [7, 11) is 0. The van der Waals surface area contributed by atoms with Crippen molar-refractivity contribution in [1.82, 2.24) is 10.2 Å². The highest BCUT2D eigenvalue weighted by atomic mass is 32.1. The van der Waals surface area contributed by atoms with Crippen molar-refractivity contribution in [2.24, 2.45) is 0 Å². The quantitative estimate of drug-likeness (QED) is 0.500. The van der Waals surface area contributed by atoms with Crippen molar-refractivity contribution in [2.75, 3.05) is 37.2 Å². The number of hydrogen-bond acceptors (Lipinski definition) is 6. The Labute approximate surface area is 204 Å². The van der Waals surface area contributed by atoms with E-state index in [1.165, 1.54) is 5.56 Å². The van der Waals surface area contributed by atoms with Gasteiger partial charge in [-0.15, -0.1) is 0 Å². The highest BCUT2D eigenvalue weighted by molar-refractivity contribution is 7.82. The summed E-state index contributed by atoms with van der Waals surface area (Å²) in [6, 6.07) is 24.8. The first-order valence-corrected chi connectivity index (χ1v) is 11.5. The number of benzene rings is 3. The Bertz CT molecular complexity index is 1100. The maximum absolute atomic E-state index is 12.5. The number of amides is 3. The molecule has 0 radical (unpaired) electrons. The fourth-order valence-electron chi connectivity index (χ4n) is 3.59. The lowest BCUT2D eigenvalue weighted by molar-refractivity contribution is -0.122. The Hall–Kier alpha value is -3.33. The van der Waals surface area contributed by atoms with Crippen molar-refractivity contribution in [3.05, 3.63) is 84.4 Å². The Morgan fingerprint density at radius 2 is 1.65 bits per heavy atom. The third-order valence-electron chi connectivity index (χ3n) is 5.44. The number of carbonyl (C=O) groups is 2. The molecule has 0 atom stereocenters. The van der Waals surface area contributed by atoms with E-state index in [0.717, 1.165) is 15.4 Å². The van der Waals surface area contributed by atoms with Crippen LogP contribution < -0.4 is 14.4 Å². The van der Waals surface area contributed by atoms with Crippen molar-refractivity contribution in [3.63, 3.8) is 0 Å². The monoisotopic (exact) mass is 477 g/mol. The summed E-state index contributed by atoms with van der Waals surface area (Å²) in [6.07, 6.45) is 0. The third-order valence-corrected chi connectivity index (χ3v) is 5.85. The zero-order valence-corrected chi connectivity index (χ0v) is 19.6. The van der Waals surface area contributed by atoms with Gasteiger partial charge in [0.05, 0.1) is 25.4 Å². The van der Waals surface area contributed by atoms with Gasteiger partial charge < -0.3 is 9.47 Å². The van der Waals surface area contributed by atoms with Gasteiger partial charge in [-0.3, -0.25) is 15.0 Å². The molecule has 0 spiro atoms. The average Bonchev–Trinajstić information content (AvgIpc) is 2.88. The number of imide groups is 1. The van der Waals surface area contributed by atoms with Crippen molar-refractivity contribution in [1.29, 1.82) is 0 Å². The van der Waals surface area contributed by atoms with Gasteiger partial charge in [0.15, 0.2) is 0 Å². The summed E-state index contributed by atoms with van der Waals surface area (Å²) in [5.74, 6) is 0.216. The molecule has 1 aliphatic rings. The standard InChI is InChI=1S/C26H27N3O4S/c30-25(18-28-13-15-32-16-14-28)27-26(31)29(34)23-7-4-8-24(17-23)33-19-20-9-11-22(12-10-20)21-5-2-1-3-6-21/h1-12,17,34H,13-16,18-19H2,(H,27,30,31). The summed E-state index contributed by atoms with van der Waals surface area (Å²) in [5.41, 5.74) is 3.83. The zero-order valence-electron chi connectivity index (χ0n) is 18.7. The lowest BCUT2D eigenvalue weighted by Gasteiger charge is -2.26. The second-order valence-corrected chi connectivity index (χ2v) is 8.30. The fraction of sp³-hybridized carbons (Fsp3) is 0.231. The molecule has 176 valence electrons. The maximum Gasteiger partial charge on any atom is 0.338 e. The summed E-state index contributed by atoms with van der Waals surface area (Å²) in [5, 5.41) is 2.37. The summed E-state index contributed by atoms with van der Waals surface area (Å²) < 4.78 is 12.3. The molecule has 0 unspecified atom stereocenters. The number of rotatable bonds is 7. The number of thiol groups is 1. The topological polar surface area (TPSA) is 71.1 Å². The van der Waals surface area contributed by atoms with Crippen LogP contribution in [0, 0.1) is 0 Å². The molecule has 3 aromatic carbocycles. The van der Waals surface area contributed by atoms with E-state index in [9.17, 15) is 9.59 Å². The van der Waals surface area contributed by atoms with Crippen LogP contribution in [0.2, 0.25) is 0 Å². The molecule has 0 bridgehead atoms. The molecule has 3 aromatic rings. The van der Waals surface area contributed by atoms with Crippen LogP contribution in [0.25, 0.3) is 11.1 Å². The predicted octanol–water partition coefficient (Wildman–Crippen LogP) is 4.15. The van der Waals surface area contributed by atoms with Gasteiger partial charge in [0.1, 0.15) is 12.4 Å². The second kappa shape index (κ2) is 11.7. The van der Waals surface area contributed by atoms with Gasteiger partial charge in [-0.05, 0) is 28.8 Å². The molecule has 3 amide bonds. The molecule has 1 saturated heterocycles. The van der Waals surface area contributed by atoms with E-state index < -0.39 is 6.03 Å². The van der Waals surface area contributed by atoms with E-state index in [1.807, 2.05) is 41.3 Å². The Kier molecular flexibility index (Phi) is 8.19. The van der Waals surface area contributed by atoms with Crippen LogP contribution in [0.15, 0.2) is 78.9 Å². The molecule has 34 heavy (non-hydrogen) atoms. The molecule has 1 N–H and O–H groups in total. The third kappa shape index (κ3) is 6.60. The first kappa shape index (κ1) is 23.8. The van der Waals surface area contributed by atoms with Crippen LogP contribution >= 0.6 is 12.8 Å². The maximum atomic E-state index is 12.5. The van der Waals surface area contributed by atoms with Gasteiger partial charge in [-0.2, -0.15) is 0 Å². The second-order valence-electron chi connectivity index (χ2n) is 7.90. The van der Waals surface area contributed by atoms with Crippen molar-refractivity contribution < 1.29 is 19.1 Å². The van der Waals surface area contributed by atoms with Gasteiger partial charge in [0.2, 0.25) is 5.91 Å². The van der Waals surface area contributed by atoms with Gasteiger partial charge in [0.25, 0.3) is 0 Å².